The van der Waals surface area contributed by atoms with Crippen molar-refractivity contribution in [3.05, 3.63) is 58.2 Å². The molecule has 2 fully saturated rings. The number of carbonyl (C=O) groups is 2. The van der Waals surface area contributed by atoms with Gasteiger partial charge in [-0.1, -0.05) is 25.1 Å². The van der Waals surface area contributed by atoms with Crippen LogP contribution in [0, 0.1) is 33.3 Å². The molecule has 2 aliphatic heterocycles. The molecule has 2 aliphatic carbocycles. The first-order chi connectivity index (χ1) is 14.3. The maximum atomic E-state index is 13.1. The second-order valence-corrected chi connectivity index (χ2v) is 8.85. The van der Waals surface area contributed by atoms with Crippen molar-refractivity contribution >= 4 is 23.1 Å². The second kappa shape index (κ2) is 6.25. The van der Waals surface area contributed by atoms with E-state index in [2.05, 4.69) is 12.4 Å². The van der Waals surface area contributed by atoms with Gasteiger partial charge >= 0.3 is 5.97 Å². The number of carbonyl (C=O) groups excluding carboxylic acids is 2. The number of nitrogens with one attached hydrogen (secondary N) is 1. The third-order valence-electron chi connectivity index (χ3n) is 7.36. The molecule has 5 rings (SSSR count). The average molecular weight is 410 g/mol. The summed E-state index contributed by atoms with van der Waals surface area (Å²) < 4.78 is 5.84. The highest BCUT2D eigenvalue weighted by Crippen LogP contribution is 2.57. The summed E-state index contributed by atoms with van der Waals surface area (Å²) in [5.74, 6) is -0.718. The number of nitrogens with zero attached hydrogens (tertiary/aromatic N) is 1. The summed E-state index contributed by atoms with van der Waals surface area (Å²) in [6, 6.07) is 6.28. The first kappa shape index (κ1) is 19.0. The van der Waals surface area contributed by atoms with Gasteiger partial charge in [-0.15, -0.1) is 0 Å². The molecule has 1 spiro atoms. The molecule has 1 aromatic rings. The number of allylic oxidation sites excluding steroid dienone is 2. The number of benzene rings is 1. The van der Waals surface area contributed by atoms with Crippen LogP contribution in [0.15, 0.2) is 42.5 Å². The molecule has 8 heteroatoms. The fourth-order valence-electron chi connectivity index (χ4n) is 5.73. The van der Waals surface area contributed by atoms with Crippen LogP contribution in [0.4, 0.5) is 5.69 Å². The number of ketones is 1. The molecule has 30 heavy (non-hydrogen) atoms. The summed E-state index contributed by atoms with van der Waals surface area (Å²) in [5.41, 5.74) is 1.09. The molecule has 4 aliphatic rings. The number of nitro groups is 1. The van der Waals surface area contributed by atoms with Gasteiger partial charge in [0.05, 0.1) is 21.6 Å². The Kier molecular flexibility index (Phi) is 3.96. The second-order valence-electron chi connectivity index (χ2n) is 8.85. The minimum absolute atomic E-state index is 0.00373. The zero-order chi connectivity index (χ0) is 21.3. The van der Waals surface area contributed by atoms with Crippen molar-refractivity contribution in [2.45, 2.75) is 38.4 Å². The van der Waals surface area contributed by atoms with Gasteiger partial charge in [-0.05, 0) is 49.8 Å². The van der Waals surface area contributed by atoms with Crippen LogP contribution < -0.4 is 5.48 Å². The summed E-state index contributed by atoms with van der Waals surface area (Å²) in [6.45, 7) is 3.99. The highest BCUT2D eigenvalue weighted by molar-refractivity contribution is 5.99. The van der Waals surface area contributed by atoms with E-state index >= 15 is 0 Å². The van der Waals surface area contributed by atoms with Crippen LogP contribution in [0.25, 0.3) is 5.70 Å². The van der Waals surface area contributed by atoms with Gasteiger partial charge in [-0.25, -0.2) is 4.79 Å². The highest BCUT2D eigenvalue weighted by atomic mass is 16.7. The molecule has 156 valence electrons. The van der Waals surface area contributed by atoms with Gasteiger partial charge in [0.1, 0.15) is 6.10 Å². The molecule has 8 nitrogen and oxygen atoms in total. The molecular weight excluding hydrogens is 388 g/mol. The minimum Gasteiger partial charge on any atom is -0.458 e. The Morgan fingerprint density at radius 3 is 2.77 bits per heavy atom. The molecular formula is C22H22N2O6. The van der Waals surface area contributed by atoms with Crippen molar-refractivity contribution in [2.75, 3.05) is 0 Å². The van der Waals surface area contributed by atoms with Crippen molar-refractivity contribution in [2.24, 2.45) is 23.2 Å². The predicted octanol–water partition coefficient (Wildman–Crippen LogP) is 2.94. The van der Waals surface area contributed by atoms with Crippen molar-refractivity contribution in [3.63, 3.8) is 0 Å². The van der Waals surface area contributed by atoms with Crippen LogP contribution in [-0.2, 0) is 19.2 Å². The van der Waals surface area contributed by atoms with Crippen LogP contribution in [0.3, 0.4) is 0 Å². The summed E-state index contributed by atoms with van der Waals surface area (Å²) in [5, 5.41) is 11.4. The lowest BCUT2D eigenvalue weighted by atomic mass is 9.67. The molecule has 2 unspecified atom stereocenters. The Bertz CT molecular complexity index is 1030. The summed E-state index contributed by atoms with van der Waals surface area (Å²) in [7, 11) is 0. The lowest BCUT2D eigenvalue weighted by Gasteiger charge is -2.37. The van der Waals surface area contributed by atoms with Crippen LogP contribution in [0.5, 0.6) is 0 Å². The molecule has 2 heterocycles. The molecule has 6 atom stereocenters. The van der Waals surface area contributed by atoms with Crippen LogP contribution >= 0.6 is 0 Å². The zero-order valence-electron chi connectivity index (χ0n) is 16.7. The first-order valence-electron chi connectivity index (χ1n) is 10.1. The van der Waals surface area contributed by atoms with Gasteiger partial charge in [-0.2, -0.15) is 0 Å². The largest absolute Gasteiger partial charge is 0.458 e. The van der Waals surface area contributed by atoms with E-state index in [0.717, 1.165) is 6.42 Å². The van der Waals surface area contributed by atoms with Crippen LogP contribution in [0.1, 0.15) is 32.3 Å². The molecule has 1 saturated carbocycles. The lowest BCUT2D eigenvalue weighted by Crippen LogP contribution is -2.48. The quantitative estimate of drug-likeness (QED) is 0.454. The number of hydrogen-bond acceptors (Lipinski definition) is 7. The maximum Gasteiger partial charge on any atom is 0.346 e. The van der Waals surface area contributed by atoms with Crippen molar-refractivity contribution in [3.8, 4) is 0 Å². The number of nitro benzene ring substituents is 1. The van der Waals surface area contributed by atoms with Gasteiger partial charge in [0, 0.05) is 12.0 Å². The van der Waals surface area contributed by atoms with Gasteiger partial charge in [-0.3, -0.25) is 25.2 Å². The third-order valence-corrected chi connectivity index (χ3v) is 7.36. The van der Waals surface area contributed by atoms with Crippen LogP contribution in [-0.4, -0.2) is 28.4 Å². The van der Waals surface area contributed by atoms with E-state index in [-0.39, 0.29) is 29.2 Å². The summed E-state index contributed by atoms with van der Waals surface area (Å²) >= 11 is 0. The van der Waals surface area contributed by atoms with E-state index < -0.39 is 28.0 Å². The monoisotopic (exact) mass is 410 g/mol. The molecule has 0 radical (unpaired) electrons. The first-order valence-corrected chi connectivity index (χ1v) is 10.1. The Hall–Kier alpha value is -3.00. The molecule has 0 amide bonds. The van der Waals surface area contributed by atoms with Crippen molar-refractivity contribution in [1.29, 1.82) is 0 Å². The van der Waals surface area contributed by atoms with Crippen molar-refractivity contribution in [1.82, 2.24) is 5.48 Å². The molecule has 0 bridgehead atoms. The number of hydroxylamine groups is 1. The summed E-state index contributed by atoms with van der Waals surface area (Å²) in [6.07, 6.45) is 5.98. The third kappa shape index (κ3) is 2.31. The number of hydrogen-bond donors (Lipinski definition) is 1. The smallest absolute Gasteiger partial charge is 0.346 e. The number of fused-ring (bicyclic) bond motifs is 4. The number of rotatable bonds is 2. The van der Waals surface area contributed by atoms with Crippen LogP contribution in [0.2, 0.25) is 0 Å². The van der Waals surface area contributed by atoms with Crippen molar-refractivity contribution < 1.29 is 24.1 Å². The number of ether oxygens (including phenoxy) is 1. The lowest BCUT2D eigenvalue weighted by molar-refractivity contribution is -0.385. The van der Waals surface area contributed by atoms with E-state index in [1.807, 2.05) is 13.0 Å². The Morgan fingerprint density at radius 1 is 1.23 bits per heavy atom. The molecule has 1 saturated heterocycles. The highest BCUT2D eigenvalue weighted by Gasteiger charge is 2.68. The Labute approximate surface area is 173 Å². The van der Waals surface area contributed by atoms with Gasteiger partial charge in [0.15, 0.2) is 5.78 Å². The Morgan fingerprint density at radius 2 is 2.00 bits per heavy atom. The van der Waals surface area contributed by atoms with Gasteiger partial charge in [0.25, 0.3) is 5.69 Å². The van der Waals surface area contributed by atoms with Gasteiger partial charge in [0.2, 0.25) is 5.60 Å². The standard InChI is InChI=1S/C22H22N2O6/c1-12-7-8-15-19(21(2)14(12)9-10-18(21)25)29-20(26)22(15)11-16(23-30-22)13-5-3-4-6-17(13)24(27)28/h3-6,9-12,14-15,19,23H,7-8H2,1-2H3/t12-,14?,15+,19+,21-,22?/m0/s1. The van der Waals surface area contributed by atoms with E-state index in [9.17, 15) is 19.7 Å². The normalized spacial score (nSPS) is 39.2. The minimum atomic E-state index is -1.41. The fraction of sp³-hybridized carbons (Fsp3) is 0.455. The van der Waals surface area contributed by atoms with Gasteiger partial charge < -0.3 is 4.74 Å². The molecule has 1 aromatic carbocycles. The topological polar surface area (TPSA) is 108 Å². The van der Waals surface area contributed by atoms with E-state index in [1.54, 1.807) is 30.4 Å². The molecule has 1 N–H and O–H groups in total. The molecule has 0 aromatic heterocycles. The Balaban J connectivity index is 1.59. The average Bonchev–Trinajstić information content (AvgIpc) is 3.36. The van der Waals surface area contributed by atoms with E-state index in [0.29, 0.717) is 17.7 Å². The maximum absolute atomic E-state index is 13.1. The predicted molar refractivity (Wildman–Crippen MR) is 106 cm³/mol. The fourth-order valence-corrected chi connectivity index (χ4v) is 5.73. The SMILES string of the molecule is C[C@H]1CC[C@@H]2[C@@H](OC(=O)C23C=C(c2ccccc2[N+](=O)[O-])NO3)[C@]2(C)C(=O)C=CC12. The van der Waals surface area contributed by atoms with E-state index in [1.165, 1.54) is 6.07 Å². The number of esters is 1. The van der Waals surface area contributed by atoms with E-state index in [4.69, 9.17) is 9.57 Å². The number of para-hydroxylation sites is 1. The zero-order valence-corrected chi connectivity index (χ0v) is 16.7. The summed E-state index contributed by atoms with van der Waals surface area (Å²) in [4.78, 5) is 42.8.